The number of aromatic nitrogens is 1. The molecule has 0 fully saturated rings. The molecule has 0 unspecified atom stereocenters. The van der Waals surface area contributed by atoms with Crippen molar-refractivity contribution in [3.05, 3.63) is 58.4 Å². The van der Waals surface area contributed by atoms with Crippen LogP contribution in [-0.2, 0) is 0 Å². The molecule has 1 aromatic heterocycles. The van der Waals surface area contributed by atoms with Crippen LogP contribution < -0.4 is 5.32 Å². The first-order valence-electron chi connectivity index (χ1n) is 5.26. The van der Waals surface area contributed by atoms with Gasteiger partial charge in [-0.05, 0) is 24.3 Å². The van der Waals surface area contributed by atoms with E-state index in [9.17, 15) is 20.0 Å². The highest BCUT2D eigenvalue weighted by molar-refractivity contribution is 6.04. The molecule has 96 valence electrons. The summed E-state index contributed by atoms with van der Waals surface area (Å²) >= 11 is 0. The van der Waals surface area contributed by atoms with Gasteiger partial charge in [-0.1, -0.05) is 0 Å². The number of nitrogens with zero attached hydrogens (tertiary/aromatic N) is 2. The van der Waals surface area contributed by atoms with E-state index in [2.05, 4.69) is 10.3 Å². The summed E-state index contributed by atoms with van der Waals surface area (Å²) in [5, 5.41) is 22.6. The molecular formula is C12H9N3O4. The van der Waals surface area contributed by atoms with Crippen LogP contribution in [0.1, 0.15) is 10.4 Å². The molecule has 0 aliphatic carbocycles. The van der Waals surface area contributed by atoms with Crippen molar-refractivity contribution in [2.45, 2.75) is 0 Å². The van der Waals surface area contributed by atoms with Gasteiger partial charge >= 0.3 is 5.69 Å². The lowest BCUT2D eigenvalue weighted by molar-refractivity contribution is -0.385. The predicted octanol–water partition coefficient (Wildman–Crippen LogP) is 1.95. The van der Waals surface area contributed by atoms with Crippen LogP contribution in [0.15, 0.2) is 42.7 Å². The summed E-state index contributed by atoms with van der Waals surface area (Å²) in [5.41, 5.74) is 0.221. The topological polar surface area (TPSA) is 105 Å². The van der Waals surface area contributed by atoms with Crippen LogP contribution in [0.25, 0.3) is 0 Å². The SMILES string of the molecule is O=C(Nc1ccncc1)c1ccc([N+](=O)[O-])c(O)c1. The average Bonchev–Trinajstić information content (AvgIpc) is 2.39. The van der Waals surface area contributed by atoms with Crippen LogP contribution in [-0.4, -0.2) is 20.9 Å². The second-order valence-corrected chi connectivity index (χ2v) is 3.65. The van der Waals surface area contributed by atoms with E-state index in [1.807, 2.05) is 0 Å². The number of carbonyl (C=O) groups excluding carboxylic acids is 1. The average molecular weight is 259 g/mol. The minimum Gasteiger partial charge on any atom is -0.502 e. The second kappa shape index (κ2) is 5.13. The molecule has 1 aromatic carbocycles. The molecule has 7 heteroatoms. The Labute approximate surface area is 107 Å². The van der Waals surface area contributed by atoms with E-state index in [0.29, 0.717) is 5.69 Å². The highest BCUT2D eigenvalue weighted by atomic mass is 16.6. The number of aromatic hydroxyl groups is 1. The normalized spacial score (nSPS) is 9.89. The molecule has 2 N–H and O–H groups in total. The summed E-state index contributed by atoms with van der Waals surface area (Å²) < 4.78 is 0. The highest BCUT2D eigenvalue weighted by Gasteiger charge is 2.16. The fourth-order valence-corrected chi connectivity index (χ4v) is 1.46. The second-order valence-electron chi connectivity index (χ2n) is 3.65. The van der Waals surface area contributed by atoms with Crippen molar-refractivity contribution in [2.75, 3.05) is 5.32 Å². The van der Waals surface area contributed by atoms with Crippen molar-refractivity contribution < 1.29 is 14.8 Å². The molecule has 2 rings (SSSR count). The zero-order valence-corrected chi connectivity index (χ0v) is 9.61. The molecule has 1 amide bonds. The first kappa shape index (κ1) is 12.5. The van der Waals surface area contributed by atoms with Crippen LogP contribution in [0.5, 0.6) is 5.75 Å². The van der Waals surface area contributed by atoms with Crippen molar-refractivity contribution in [3.8, 4) is 5.75 Å². The zero-order valence-electron chi connectivity index (χ0n) is 9.61. The van der Waals surface area contributed by atoms with E-state index in [4.69, 9.17) is 0 Å². The molecule has 7 nitrogen and oxygen atoms in total. The smallest absolute Gasteiger partial charge is 0.310 e. The standard InChI is InChI=1S/C12H9N3O4/c16-11-7-8(1-2-10(11)15(18)19)12(17)14-9-3-5-13-6-4-9/h1-7,16H,(H,13,14,17). The lowest BCUT2D eigenvalue weighted by atomic mass is 10.1. The Balaban J connectivity index is 2.21. The number of nitro groups is 1. The minimum atomic E-state index is -0.722. The third-order valence-corrected chi connectivity index (χ3v) is 2.37. The summed E-state index contributed by atoms with van der Waals surface area (Å²) in [6.07, 6.45) is 3.03. The third kappa shape index (κ3) is 2.83. The van der Waals surface area contributed by atoms with E-state index < -0.39 is 22.3 Å². The molecule has 0 radical (unpaired) electrons. The Morgan fingerprint density at radius 2 is 1.95 bits per heavy atom. The Kier molecular flexibility index (Phi) is 3.37. The number of hydrogen-bond donors (Lipinski definition) is 2. The molecule has 0 spiro atoms. The summed E-state index contributed by atoms with van der Waals surface area (Å²) in [5.74, 6) is -1.02. The van der Waals surface area contributed by atoms with E-state index in [1.165, 1.54) is 18.5 Å². The van der Waals surface area contributed by atoms with E-state index in [1.54, 1.807) is 12.1 Å². The molecule has 2 aromatic rings. The first-order valence-corrected chi connectivity index (χ1v) is 5.26. The van der Waals surface area contributed by atoms with Crippen molar-refractivity contribution in [3.63, 3.8) is 0 Å². The summed E-state index contributed by atoms with van der Waals surface area (Å²) in [4.78, 5) is 25.4. The zero-order chi connectivity index (χ0) is 13.8. The van der Waals surface area contributed by atoms with Crippen molar-refractivity contribution in [1.82, 2.24) is 4.98 Å². The summed E-state index contributed by atoms with van der Waals surface area (Å²) in [7, 11) is 0. The van der Waals surface area contributed by atoms with Gasteiger partial charge < -0.3 is 10.4 Å². The fourth-order valence-electron chi connectivity index (χ4n) is 1.46. The van der Waals surface area contributed by atoms with Crippen molar-refractivity contribution in [2.24, 2.45) is 0 Å². The Morgan fingerprint density at radius 3 is 2.53 bits per heavy atom. The third-order valence-electron chi connectivity index (χ3n) is 2.37. The maximum absolute atomic E-state index is 11.8. The van der Waals surface area contributed by atoms with E-state index >= 15 is 0 Å². The number of anilines is 1. The Hall–Kier alpha value is -2.96. The molecular weight excluding hydrogens is 250 g/mol. The lowest BCUT2D eigenvalue weighted by Gasteiger charge is -2.05. The van der Waals surface area contributed by atoms with Gasteiger partial charge in [-0.3, -0.25) is 19.9 Å². The highest BCUT2D eigenvalue weighted by Crippen LogP contribution is 2.26. The van der Waals surface area contributed by atoms with Crippen LogP contribution >= 0.6 is 0 Å². The van der Waals surface area contributed by atoms with Gasteiger partial charge in [-0.15, -0.1) is 0 Å². The number of pyridine rings is 1. The molecule has 0 aliphatic rings. The number of carbonyl (C=O) groups is 1. The monoisotopic (exact) mass is 259 g/mol. The molecule has 1 heterocycles. The quantitative estimate of drug-likeness (QED) is 0.647. The number of amides is 1. The molecule has 0 atom stereocenters. The first-order chi connectivity index (χ1) is 9.08. The van der Waals surface area contributed by atoms with Gasteiger partial charge in [0.25, 0.3) is 5.91 Å². The molecule has 0 aliphatic heterocycles. The molecule has 0 bridgehead atoms. The van der Waals surface area contributed by atoms with Crippen molar-refractivity contribution >= 4 is 17.3 Å². The van der Waals surface area contributed by atoms with Gasteiger partial charge in [0.1, 0.15) is 0 Å². The number of rotatable bonds is 3. The Bertz CT molecular complexity index is 628. The molecule has 0 saturated carbocycles. The minimum absolute atomic E-state index is 0.125. The molecule has 0 saturated heterocycles. The Morgan fingerprint density at radius 1 is 1.26 bits per heavy atom. The van der Waals surface area contributed by atoms with Crippen LogP contribution in [0.2, 0.25) is 0 Å². The molecule has 19 heavy (non-hydrogen) atoms. The van der Waals surface area contributed by atoms with Gasteiger partial charge in [0.05, 0.1) is 4.92 Å². The number of nitro benzene ring substituents is 1. The summed E-state index contributed by atoms with van der Waals surface area (Å²) in [6, 6.07) is 6.60. The van der Waals surface area contributed by atoms with Gasteiger partial charge in [0.2, 0.25) is 0 Å². The van der Waals surface area contributed by atoms with Crippen LogP contribution in [0.3, 0.4) is 0 Å². The number of nitrogens with one attached hydrogen (secondary N) is 1. The van der Waals surface area contributed by atoms with Gasteiger partial charge in [0.15, 0.2) is 5.75 Å². The van der Waals surface area contributed by atoms with Crippen LogP contribution in [0.4, 0.5) is 11.4 Å². The predicted molar refractivity (Wildman–Crippen MR) is 67.0 cm³/mol. The number of phenols is 1. The number of benzene rings is 1. The van der Waals surface area contributed by atoms with Crippen molar-refractivity contribution in [1.29, 1.82) is 0 Å². The number of phenolic OH excluding ortho intramolecular Hbond substituents is 1. The maximum atomic E-state index is 11.8. The fraction of sp³-hybridized carbons (Fsp3) is 0. The largest absolute Gasteiger partial charge is 0.502 e. The van der Waals surface area contributed by atoms with Gasteiger partial charge in [-0.2, -0.15) is 0 Å². The van der Waals surface area contributed by atoms with E-state index in [-0.39, 0.29) is 5.56 Å². The van der Waals surface area contributed by atoms with Gasteiger partial charge in [0, 0.05) is 29.7 Å². The van der Waals surface area contributed by atoms with Crippen LogP contribution in [0, 0.1) is 10.1 Å². The maximum Gasteiger partial charge on any atom is 0.310 e. The van der Waals surface area contributed by atoms with Gasteiger partial charge in [-0.25, -0.2) is 0 Å². The van der Waals surface area contributed by atoms with E-state index in [0.717, 1.165) is 12.1 Å². The lowest BCUT2D eigenvalue weighted by Crippen LogP contribution is -2.11. The summed E-state index contributed by atoms with van der Waals surface area (Å²) in [6.45, 7) is 0. The number of hydrogen-bond acceptors (Lipinski definition) is 5.